The lowest BCUT2D eigenvalue weighted by Crippen LogP contribution is -2.32. The maximum absolute atomic E-state index is 12.9. The van der Waals surface area contributed by atoms with Gasteiger partial charge in [0, 0.05) is 72.5 Å². The summed E-state index contributed by atoms with van der Waals surface area (Å²) in [5.74, 6) is -0.255. The molecule has 4 rings (SSSR count). The maximum atomic E-state index is 12.9. The molecule has 0 spiro atoms. The Morgan fingerprint density at radius 1 is 0.746 bits per heavy atom. The Morgan fingerprint density at radius 3 is 1.90 bits per heavy atom. The van der Waals surface area contributed by atoms with Gasteiger partial charge in [-0.3, -0.25) is 21.5 Å². The van der Waals surface area contributed by atoms with E-state index in [9.17, 15) is 35.2 Å². The molecule has 63 heavy (non-hydrogen) atoms. The lowest BCUT2D eigenvalue weighted by molar-refractivity contribution is -0.438. The van der Waals surface area contributed by atoms with Crippen LogP contribution in [0.4, 0.5) is 11.4 Å². The number of hydrogen-bond acceptors (Lipinski definition) is 13. The molecule has 1 N–H and O–H groups in total. The van der Waals surface area contributed by atoms with E-state index in [1.807, 2.05) is 56.4 Å². The number of hydrogen-bond donors (Lipinski definition) is 1. The molecule has 4 atom stereocenters. The van der Waals surface area contributed by atoms with Gasteiger partial charge in [-0.05, 0) is 94.3 Å². The lowest BCUT2D eigenvalue weighted by Gasteiger charge is -2.30. The number of benzene rings is 2. The lowest BCUT2D eigenvalue weighted by atomic mass is 9.76. The fraction of sp³-hybridized carbons (Fsp3) is 0.500. The van der Waals surface area contributed by atoms with E-state index in [2.05, 4.69) is 9.48 Å². The van der Waals surface area contributed by atoms with Gasteiger partial charge in [-0.2, -0.15) is 21.4 Å². The summed E-state index contributed by atoms with van der Waals surface area (Å²) in [6.07, 6.45) is 17.5. The highest BCUT2D eigenvalue weighted by Gasteiger charge is 2.48. The second-order valence-corrected chi connectivity index (χ2v) is 21.5. The van der Waals surface area contributed by atoms with Gasteiger partial charge >= 0.3 is 5.97 Å². The highest BCUT2D eigenvalue weighted by Crippen LogP contribution is 2.51. The summed E-state index contributed by atoms with van der Waals surface area (Å²) in [4.78, 5) is 13.4. The summed E-state index contributed by atoms with van der Waals surface area (Å²) in [6.45, 7) is 5.54. The number of carbonyl (C=O) groups is 1. The van der Waals surface area contributed by atoms with Gasteiger partial charge in [0.2, 0.25) is 5.69 Å². The quantitative estimate of drug-likeness (QED) is 0.0441. The number of rotatable bonds is 27. The zero-order valence-electron chi connectivity index (χ0n) is 37.1. The van der Waals surface area contributed by atoms with Crippen molar-refractivity contribution in [1.82, 2.24) is 0 Å². The average molecular weight is 954 g/mol. The minimum atomic E-state index is -4.01. The van der Waals surface area contributed by atoms with Crippen LogP contribution in [0.3, 0.4) is 0 Å². The first kappa shape index (κ1) is 52.0. The van der Waals surface area contributed by atoms with E-state index in [4.69, 9.17) is 21.5 Å². The molecule has 2 heterocycles. The zero-order valence-corrected chi connectivity index (χ0v) is 40.3. The smallest absolute Gasteiger partial charge is 0.303 e. The van der Waals surface area contributed by atoms with Gasteiger partial charge in [-0.15, -0.1) is 0 Å². The van der Waals surface area contributed by atoms with Gasteiger partial charge < -0.3 is 14.7 Å². The molecule has 0 saturated heterocycles. The van der Waals surface area contributed by atoms with Gasteiger partial charge in [0.05, 0.1) is 50.3 Å². The van der Waals surface area contributed by atoms with Crippen molar-refractivity contribution in [3.63, 3.8) is 0 Å². The summed E-state index contributed by atoms with van der Waals surface area (Å²) in [5.41, 5.74) is 3.66. The number of ether oxygens (including phenoxy) is 1. The third-order valence-electron chi connectivity index (χ3n) is 11.5. The van der Waals surface area contributed by atoms with E-state index in [0.29, 0.717) is 70.4 Å². The molecule has 2 aliphatic rings. The van der Waals surface area contributed by atoms with Crippen LogP contribution in [-0.4, -0.2) is 113 Å². The summed E-state index contributed by atoms with van der Waals surface area (Å²) in [5, 5.41) is 9.18. The fourth-order valence-electron chi connectivity index (χ4n) is 8.22. The largest absolute Gasteiger partial charge is 0.481 e. The number of unbranched alkanes of at least 4 members (excludes halogenated alkanes) is 2. The van der Waals surface area contributed by atoms with Crippen LogP contribution in [0.25, 0.3) is 0 Å². The first-order valence-electron chi connectivity index (χ1n) is 20.6. The molecule has 2 aromatic rings. The maximum Gasteiger partial charge on any atom is 0.303 e. The normalized spacial score (nSPS) is 20.7. The molecule has 19 heteroatoms. The zero-order chi connectivity index (χ0) is 46.4. The van der Waals surface area contributed by atoms with Gasteiger partial charge in [0.15, 0.2) is 27.9 Å². The van der Waals surface area contributed by atoms with E-state index in [-0.39, 0.29) is 22.0 Å². The highest BCUT2D eigenvalue weighted by atomic mass is 32.2. The van der Waals surface area contributed by atoms with E-state index in [0.717, 1.165) is 48.1 Å². The van der Waals surface area contributed by atoms with Crippen LogP contribution >= 0.6 is 0 Å². The van der Waals surface area contributed by atoms with Crippen molar-refractivity contribution < 1.29 is 61.2 Å². The van der Waals surface area contributed by atoms with Crippen molar-refractivity contribution in [2.75, 3.05) is 71.7 Å². The van der Waals surface area contributed by atoms with Crippen molar-refractivity contribution in [3.05, 3.63) is 95.8 Å². The Morgan fingerprint density at radius 2 is 1.32 bits per heavy atom. The molecule has 0 saturated carbocycles. The third-order valence-corrected chi connectivity index (χ3v) is 16.1. The molecule has 2 aliphatic heterocycles. The van der Waals surface area contributed by atoms with Crippen LogP contribution in [0.15, 0.2) is 94.4 Å². The second-order valence-electron chi connectivity index (χ2n) is 15.4. The van der Waals surface area contributed by atoms with Crippen molar-refractivity contribution in [2.45, 2.75) is 85.8 Å². The van der Waals surface area contributed by atoms with E-state index in [1.54, 1.807) is 31.4 Å². The van der Waals surface area contributed by atoms with Crippen molar-refractivity contribution >= 4 is 65.5 Å². The molecule has 0 radical (unpaired) electrons. The Labute approximate surface area is 378 Å². The minimum absolute atomic E-state index is 0.0221. The predicted molar refractivity (Wildman–Crippen MR) is 245 cm³/mol. The topological polar surface area (TPSA) is 192 Å². The first-order valence-corrected chi connectivity index (χ1v) is 25.9. The Kier molecular flexibility index (Phi) is 19.4. The first-order chi connectivity index (χ1) is 29.9. The Bertz CT molecular complexity index is 2370. The number of allylic oxidation sites excluding steroid dienone is 8. The van der Waals surface area contributed by atoms with Crippen LogP contribution < -0.4 is 4.90 Å². The summed E-state index contributed by atoms with van der Waals surface area (Å²) in [6, 6.07) is 9.89. The van der Waals surface area contributed by atoms with Gasteiger partial charge in [0.25, 0.3) is 20.2 Å². The van der Waals surface area contributed by atoms with Crippen molar-refractivity contribution in [3.8, 4) is 0 Å². The van der Waals surface area contributed by atoms with Gasteiger partial charge in [-0.25, -0.2) is 8.42 Å². The number of carboxylic acid groups (broad SMARTS) is 1. The van der Waals surface area contributed by atoms with E-state index in [1.165, 1.54) is 26.4 Å². The summed E-state index contributed by atoms with van der Waals surface area (Å²) < 4.78 is 103. The molecule has 0 aliphatic carbocycles. The van der Waals surface area contributed by atoms with Crippen LogP contribution in [0.5, 0.6) is 0 Å². The minimum Gasteiger partial charge on any atom is -0.481 e. The van der Waals surface area contributed by atoms with Crippen LogP contribution in [-0.2, 0) is 79.5 Å². The van der Waals surface area contributed by atoms with Gasteiger partial charge in [-0.1, -0.05) is 30.4 Å². The van der Waals surface area contributed by atoms with Crippen LogP contribution in [0, 0.1) is 0 Å². The number of carboxylic acids is 1. The monoisotopic (exact) mass is 953 g/mol. The molecular weight excluding hydrogens is 893 g/mol. The van der Waals surface area contributed by atoms with Crippen molar-refractivity contribution in [1.29, 1.82) is 0 Å². The molecule has 4 unspecified atom stereocenters. The molecule has 15 nitrogen and oxygen atoms in total. The molecule has 0 bridgehead atoms. The highest BCUT2D eigenvalue weighted by molar-refractivity contribution is 7.87. The SMILES string of the molecule is COCCN1/C(=C/C=C/C=C/C=C/C2=[N+](CCCCCC(=O)O)c3ccc(S(=O)(=O)OC)cc3C2(C)CCCS(=O)OC)C(C)(CCCS(=O)OC)c2cc(S(=O)(=O)OC)ccc21. The molecule has 348 valence electrons. The number of anilines is 1. The molecule has 2 aromatic carbocycles. The van der Waals surface area contributed by atoms with E-state index >= 15 is 0 Å². The average Bonchev–Trinajstić information content (AvgIpc) is 3.64. The third kappa shape index (κ3) is 12.8. The standard InChI is InChI=1S/C44H60N2O13S4/c1-43(25-16-30-60(49)56-4)36-32-34(62(51,52)58-6)21-23-38(36)45(27-15-11-14-20-42(47)48)40(43)18-12-9-8-10-13-19-41-44(2,26-17-31-61(50)57-5)37-33-35(63(53,54)59-7)22-24-39(37)46(41)28-29-55-3/h8-10,12-13,18-19,21-24,32-33H,11,14-17,20,25-31H2,1-7H3/p+1. The van der Waals surface area contributed by atoms with Gasteiger partial charge in [0.1, 0.15) is 6.54 Å². The fourth-order valence-corrected chi connectivity index (χ4v) is 10.7. The van der Waals surface area contributed by atoms with E-state index < -0.39 is 59.2 Å². The Balaban J connectivity index is 1.74. The molecular formula is C44H61N2O13S4+. The summed E-state index contributed by atoms with van der Waals surface area (Å²) >= 11 is -2.94. The van der Waals surface area contributed by atoms with Crippen LogP contribution in [0.2, 0.25) is 0 Å². The van der Waals surface area contributed by atoms with Crippen molar-refractivity contribution in [2.24, 2.45) is 0 Å². The van der Waals surface area contributed by atoms with Crippen LogP contribution in [0.1, 0.15) is 76.3 Å². The predicted octanol–water partition coefficient (Wildman–Crippen LogP) is 6.52. The number of aliphatic carboxylic acids is 1. The second kappa shape index (κ2) is 23.5. The number of methoxy groups -OCH3 is 1. The number of nitrogens with zero attached hydrogens (tertiary/aromatic N) is 2. The Hall–Kier alpha value is -3.66. The molecule has 0 aromatic heterocycles. The molecule has 0 amide bonds. The number of fused-ring (bicyclic) bond motifs is 2. The molecule has 0 fully saturated rings. The summed E-state index contributed by atoms with van der Waals surface area (Å²) in [7, 11) is -1.35.